The molecule has 202 valence electrons. The number of carbonyl (C=O) groups is 2. The Kier molecular flexibility index (Phi) is 9.59. The average molecular weight is 564 g/mol. The zero-order valence-corrected chi connectivity index (χ0v) is 23.1. The molecular weight excluding hydrogens is 534 g/mol. The van der Waals surface area contributed by atoms with E-state index in [1.807, 2.05) is 54.6 Å². The smallest absolute Gasteiger partial charge is 0.397 e. The van der Waals surface area contributed by atoms with Crippen molar-refractivity contribution < 1.29 is 22.7 Å². The van der Waals surface area contributed by atoms with E-state index in [1.165, 1.54) is 11.0 Å². The summed E-state index contributed by atoms with van der Waals surface area (Å²) in [7, 11) is -3.74. The first-order chi connectivity index (χ1) is 18.9. The fourth-order valence-corrected chi connectivity index (χ4v) is 6.35. The van der Waals surface area contributed by atoms with Crippen molar-refractivity contribution in [2.24, 2.45) is 0 Å². The van der Waals surface area contributed by atoms with Crippen molar-refractivity contribution in [2.75, 3.05) is 13.2 Å². The van der Waals surface area contributed by atoms with Crippen LogP contribution in [-0.2, 0) is 43.9 Å². The van der Waals surface area contributed by atoms with Gasteiger partial charge in [-0.15, -0.1) is 11.3 Å². The quantitative estimate of drug-likeness (QED) is 0.214. The summed E-state index contributed by atoms with van der Waals surface area (Å²) in [5.41, 5.74) is 4.03. The van der Waals surface area contributed by atoms with E-state index >= 15 is 0 Å². The third-order valence-electron chi connectivity index (χ3n) is 5.88. The fraction of sp³-hybridized carbons (Fsp3) is 0.207. The number of aromatic nitrogens is 1. The lowest BCUT2D eigenvalue weighted by molar-refractivity contribution is -0.160. The van der Waals surface area contributed by atoms with Crippen molar-refractivity contribution in [1.29, 1.82) is 0 Å². The van der Waals surface area contributed by atoms with Gasteiger partial charge >= 0.3 is 11.9 Å². The number of nitrogens with one attached hydrogen (secondary N) is 1. The largest absolute Gasteiger partial charge is 0.459 e. The third kappa shape index (κ3) is 7.82. The normalized spacial score (nSPS) is 11.2. The van der Waals surface area contributed by atoms with E-state index in [1.54, 1.807) is 37.5 Å². The standard InChI is InChI=1S/C29H29N3O5S2/c1-2-37-29(34)28(33)32(20-23-14-17-30-18-15-23)21-26-12-13-27(38-26)39(35,36)31-19-16-22-8-10-25(11-9-22)24-6-4-3-5-7-24/h3-15,17-18,31H,2,16,19-21H2,1H3. The molecule has 0 aliphatic carbocycles. The molecule has 8 nitrogen and oxygen atoms in total. The van der Waals surface area contributed by atoms with Crippen molar-refractivity contribution in [3.8, 4) is 11.1 Å². The zero-order chi connectivity index (χ0) is 27.7. The van der Waals surface area contributed by atoms with Crippen LogP contribution in [-0.4, -0.2) is 43.3 Å². The Hall–Kier alpha value is -3.86. The Morgan fingerprint density at radius 2 is 1.56 bits per heavy atom. The van der Waals surface area contributed by atoms with Crippen LogP contribution in [0.15, 0.2) is 95.5 Å². The Bertz CT molecular complexity index is 1490. The van der Waals surface area contributed by atoms with E-state index in [-0.39, 0.29) is 30.5 Å². The van der Waals surface area contributed by atoms with Gasteiger partial charge in [0.2, 0.25) is 10.0 Å². The van der Waals surface area contributed by atoms with Gasteiger partial charge in [-0.3, -0.25) is 9.78 Å². The predicted octanol–water partition coefficient (Wildman–Crippen LogP) is 4.42. The molecule has 4 aromatic rings. The summed E-state index contributed by atoms with van der Waals surface area (Å²) in [6.07, 6.45) is 3.74. The summed E-state index contributed by atoms with van der Waals surface area (Å²) >= 11 is 1.06. The molecule has 0 radical (unpaired) electrons. The highest BCUT2D eigenvalue weighted by atomic mass is 32.2. The topological polar surface area (TPSA) is 106 Å². The van der Waals surface area contributed by atoms with Crippen molar-refractivity contribution in [3.63, 3.8) is 0 Å². The van der Waals surface area contributed by atoms with Crippen LogP contribution in [0.25, 0.3) is 11.1 Å². The van der Waals surface area contributed by atoms with E-state index in [2.05, 4.69) is 9.71 Å². The highest BCUT2D eigenvalue weighted by Crippen LogP contribution is 2.24. The number of carbonyl (C=O) groups excluding carboxylic acids is 2. The van der Waals surface area contributed by atoms with Gasteiger partial charge in [0.15, 0.2) is 0 Å². The minimum Gasteiger partial charge on any atom is -0.459 e. The van der Waals surface area contributed by atoms with Gasteiger partial charge in [0.25, 0.3) is 0 Å². The van der Waals surface area contributed by atoms with Crippen LogP contribution in [0.4, 0.5) is 0 Å². The summed E-state index contributed by atoms with van der Waals surface area (Å²) in [6, 6.07) is 24.8. The minimum absolute atomic E-state index is 0.0634. The first kappa shape index (κ1) is 28.2. The van der Waals surface area contributed by atoms with E-state index in [0.29, 0.717) is 11.3 Å². The van der Waals surface area contributed by atoms with Crippen LogP contribution in [0.2, 0.25) is 0 Å². The number of sulfonamides is 1. The van der Waals surface area contributed by atoms with Crippen LogP contribution in [0.5, 0.6) is 0 Å². The number of rotatable bonds is 11. The molecule has 0 aliphatic heterocycles. The monoisotopic (exact) mass is 563 g/mol. The van der Waals surface area contributed by atoms with E-state index in [9.17, 15) is 18.0 Å². The Morgan fingerprint density at radius 3 is 2.26 bits per heavy atom. The number of hydrogen-bond donors (Lipinski definition) is 1. The maximum atomic E-state index is 12.9. The van der Waals surface area contributed by atoms with E-state index in [4.69, 9.17) is 4.74 Å². The van der Waals surface area contributed by atoms with Gasteiger partial charge in [-0.05, 0) is 59.9 Å². The lowest BCUT2D eigenvalue weighted by atomic mass is 10.0. The Labute approximate surface area is 232 Å². The van der Waals surface area contributed by atoms with Gasteiger partial charge < -0.3 is 9.64 Å². The van der Waals surface area contributed by atoms with Crippen molar-refractivity contribution in [3.05, 3.63) is 107 Å². The molecule has 0 fully saturated rings. The highest BCUT2D eigenvalue weighted by molar-refractivity contribution is 7.91. The SMILES string of the molecule is CCOC(=O)C(=O)N(Cc1ccncc1)Cc1ccc(S(=O)(=O)NCCc2ccc(-c3ccccc3)cc2)s1. The van der Waals surface area contributed by atoms with Crippen LogP contribution >= 0.6 is 11.3 Å². The number of nitrogens with zero attached hydrogens (tertiary/aromatic N) is 2. The molecule has 0 saturated heterocycles. The number of pyridine rings is 1. The Morgan fingerprint density at radius 1 is 0.872 bits per heavy atom. The van der Waals surface area contributed by atoms with Gasteiger partial charge in [0.1, 0.15) is 4.21 Å². The summed E-state index contributed by atoms with van der Waals surface area (Å²) in [5, 5.41) is 0. The fourth-order valence-electron chi connectivity index (χ4n) is 3.90. The molecule has 0 unspecified atom stereocenters. The molecule has 2 aromatic heterocycles. The second kappa shape index (κ2) is 13.3. The molecule has 1 N–H and O–H groups in total. The summed E-state index contributed by atoms with van der Waals surface area (Å²) in [6.45, 7) is 2.17. The maximum absolute atomic E-state index is 12.9. The molecule has 4 rings (SSSR count). The summed E-state index contributed by atoms with van der Waals surface area (Å²) in [4.78, 5) is 30.8. The van der Waals surface area contributed by atoms with Crippen LogP contribution < -0.4 is 4.72 Å². The number of amides is 1. The van der Waals surface area contributed by atoms with Crippen LogP contribution in [0.1, 0.15) is 22.9 Å². The molecule has 0 spiro atoms. The van der Waals surface area contributed by atoms with Crippen LogP contribution in [0, 0.1) is 0 Å². The van der Waals surface area contributed by atoms with Crippen LogP contribution in [0.3, 0.4) is 0 Å². The molecule has 0 saturated carbocycles. The van der Waals surface area contributed by atoms with Gasteiger partial charge in [0, 0.05) is 30.4 Å². The summed E-state index contributed by atoms with van der Waals surface area (Å²) in [5.74, 6) is -1.74. The van der Waals surface area contributed by atoms with Crippen molar-refractivity contribution in [2.45, 2.75) is 30.6 Å². The molecule has 0 atom stereocenters. The second-order valence-corrected chi connectivity index (χ2v) is 11.8. The number of esters is 1. The van der Waals surface area contributed by atoms with Gasteiger partial charge in [-0.2, -0.15) is 0 Å². The van der Waals surface area contributed by atoms with E-state index < -0.39 is 21.9 Å². The minimum atomic E-state index is -3.74. The molecule has 1 amide bonds. The molecule has 2 aromatic carbocycles. The molecule has 10 heteroatoms. The number of hydrogen-bond acceptors (Lipinski definition) is 7. The Balaban J connectivity index is 1.37. The predicted molar refractivity (Wildman–Crippen MR) is 150 cm³/mol. The summed E-state index contributed by atoms with van der Waals surface area (Å²) < 4.78 is 33.5. The van der Waals surface area contributed by atoms with Gasteiger partial charge in [-0.1, -0.05) is 54.6 Å². The lowest BCUT2D eigenvalue weighted by Crippen LogP contribution is -2.36. The highest BCUT2D eigenvalue weighted by Gasteiger charge is 2.25. The lowest BCUT2D eigenvalue weighted by Gasteiger charge is -2.21. The molecular formula is C29H29N3O5S2. The second-order valence-electron chi connectivity index (χ2n) is 8.67. The molecule has 2 heterocycles. The van der Waals surface area contributed by atoms with Gasteiger partial charge in [0.05, 0.1) is 13.2 Å². The first-order valence-corrected chi connectivity index (χ1v) is 14.7. The van der Waals surface area contributed by atoms with Crippen molar-refractivity contribution >= 4 is 33.2 Å². The van der Waals surface area contributed by atoms with Gasteiger partial charge in [-0.25, -0.2) is 17.9 Å². The molecule has 0 aliphatic rings. The third-order valence-corrected chi connectivity index (χ3v) is 8.90. The van der Waals surface area contributed by atoms with Crippen molar-refractivity contribution in [1.82, 2.24) is 14.6 Å². The number of benzene rings is 2. The molecule has 39 heavy (non-hydrogen) atoms. The van der Waals surface area contributed by atoms with E-state index in [0.717, 1.165) is 33.6 Å². The average Bonchev–Trinajstić information content (AvgIpc) is 3.43. The maximum Gasteiger partial charge on any atom is 0.397 e. The zero-order valence-electron chi connectivity index (χ0n) is 21.4. The number of thiophene rings is 1. The molecule has 0 bridgehead atoms. The number of ether oxygens (including phenoxy) is 1. The first-order valence-electron chi connectivity index (χ1n) is 12.4.